The molecule has 1 aliphatic heterocycles. The number of likely N-dealkylation sites (tertiary alicyclic amines) is 1. The van der Waals surface area contributed by atoms with Crippen LogP contribution >= 0.6 is 22.9 Å². The van der Waals surface area contributed by atoms with Crippen molar-refractivity contribution in [3.63, 3.8) is 0 Å². The lowest BCUT2D eigenvalue weighted by molar-refractivity contribution is 0.0958. The fourth-order valence-electron chi connectivity index (χ4n) is 3.75. The molecule has 0 saturated carbocycles. The molecule has 3 heterocycles. The van der Waals surface area contributed by atoms with E-state index in [0.717, 1.165) is 49.1 Å². The minimum Gasteiger partial charge on any atom is -0.299 e. The molecule has 6 heteroatoms. The van der Waals surface area contributed by atoms with E-state index in [4.69, 9.17) is 11.6 Å². The molecule has 140 valence electrons. The first-order valence-corrected chi connectivity index (χ1v) is 10.6. The second-order valence-electron chi connectivity index (χ2n) is 7.14. The lowest BCUT2D eigenvalue weighted by Gasteiger charge is -2.31. The van der Waals surface area contributed by atoms with Crippen LogP contribution in [0.1, 0.15) is 41.7 Å². The predicted molar refractivity (Wildman–Crippen MR) is 110 cm³/mol. The number of carbonyl (C=O) groups is 1. The molecule has 0 atom stereocenters. The number of hydrogen-bond donors (Lipinski definition) is 0. The maximum atomic E-state index is 12.7. The molecule has 2 aromatic heterocycles. The third kappa shape index (κ3) is 4.54. The molecule has 1 aromatic carbocycles. The number of rotatable bonds is 6. The molecule has 1 fully saturated rings. The summed E-state index contributed by atoms with van der Waals surface area (Å²) in [6.07, 6.45) is 3.76. The molecule has 0 amide bonds. The number of benzene rings is 1. The van der Waals surface area contributed by atoms with Crippen molar-refractivity contribution in [2.75, 3.05) is 13.1 Å². The Morgan fingerprint density at radius 3 is 2.70 bits per heavy atom. The highest BCUT2D eigenvalue weighted by Crippen LogP contribution is 2.27. The standard InChI is InChI=1S/C21H22ClN3OS/c22-21-23-17-10-13-27-20(17)19(24-21)18(26)7-6-15-8-11-25(12-9-15)14-16-4-2-1-3-5-16/h1-5,10,13,15H,6-9,11-12,14H2. The summed E-state index contributed by atoms with van der Waals surface area (Å²) in [5.41, 5.74) is 2.62. The van der Waals surface area contributed by atoms with Gasteiger partial charge in [0.2, 0.25) is 5.28 Å². The second kappa shape index (κ2) is 8.46. The van der Waals surface area contributed by atoms with E-state index in [-0.39, 0.29) is 11.1 Å². The van der Waals surface area contributed by atoms with Crippen molar-refractivity contribution in [1.82, 2.24) is 14.9 Å². The van der Waals surface area contributed by atoms with Crippen LogP contribution < -0.4 is 0 Å². The molecule has 0 N–H and O–H groups in total. The average molecular weight is 400 g/mol. The lowest BCUT2D eigenvalue weighted by Crippen LogP contribution is -2.33. The first kappa shape index (κ1) is 18.5. The van der Waals surface area contributed by atoms with Crippen LogP contribution in [0.4, 0.5) is 0 Å². The van der Waals surface area contributed by atoms with E-state index in [1.807, 2.05) is 11.4 Å². The Hall–Kier alpha value is -1.82. The number of hydrogen-bond acceptors (Lipinski definition) is 5. The zero-order valence-electron chi connectivity index (χ0n) is 15.1. The SMILES string of the molecule is O=C(CCC1CCN(Cc2ccccc2)CC1)c1nc(Cl)nc2ccsc12. The van der Waals surface area contributed by atoms with Crippen molar-refractivity contribution < 1.29 is 4.79 Å². The Bertz CT molecular complexity index is 920. The molecule has 27 heavy (non-hydrogen) atoms. The fraction of sp³-hybridized carbons (Fsp3) is 0.381. The van der Waals surface area contributed by atoms with Crippen molar-refractivity contribution in [1.29, 1.82) is 0 Å². The van der Waals surface area contributed by atoms with Crippen LogP contribution in [0, 0.1) is 5.92 Å². The van der Waals surface area contributed by atoms with Crippen molar-refractivity contribution >= 4 is 38.9 Å². The minimum atomic E-state index is 0.0819. The normalized spacial score (nSPS) is 16.0. The maximum absolute atomic E-state index is 12.7. The third-order valence-corrected chi connectivity index (χ3v) is 6.36. The van der Waals surface area contributed by atoms with E-state index in [1.165, 1.54) is 16.9 Å². The number of carbonyl (C=O) groups excluding carboxylic acids is 1. The number of halogens is 1. The van der Waals surface area contributed by atoms with Crippen LogP contribution in [0.2, 0.25) is 5.28 Å². The van der Waals surface area contributed by atoms with E-state index in [0.29, 0.717) is 18.0 Å². The number of Topliss-reactive ketones (excluding diaryl/α,β-unsaturated/α-hetero) is 1. The Kier molecular flexibility index (Phi) is 5.81. The maximum Gasteiger partial charge on any atom is 0.223 e. The van der Waals surface area contributed by atoms with Gasteiger partial charge >= 0.3 is 0 Å². The molecule has 4 nitrogen and oxygen atoms in total. The number of thiophene rings is 1. The van der Waals surface area contributed by atoms with E-state index >= 15 is 0 Å². The summed E-state index contributed by atoms with van der Waals surface area (Å²) in [6.45, 7) is 3.22. The Morgan fingerprint density at radius 1 is 1.15 bits per heavy atom. The molecule has 1 aliphatic rings. The molecule has 0 radical (unpaired) electrons. The highest BCUT2D eigenvalue weighted by molar-refractivity contribution is 7.17. The average Bonchev–Trinajstić information content (AvgIpc) is 3.15. The van der Waals surface area contributed by atoms with Gasteiger partial charge in [-0.1, -0.05) is 30.3 Å². The van der Waals surface area contributed by atoms with E-state index in [2.05, 4.69) is 45.2 Å². The topological polar surface area (TPSA) is 46.1 Å². The van der Waals surface area contributed by atoms with Crippen molar-refractivity contribution in [2.24, 2.45) is 5.92 Å². The van der Waals surface area contributed by atoms with Gasteiger partial charge in [0.25, 0.3) is 0 Å². The van der Waals surface area contributed by atoms with E-state index < -0.39 is 0 Å². The Balaban J connectivity index is 1.29. The zero-order valence-corrected chi connectivity index (χ0v) is 16.7. The van der Waals surface area contributed by atoms with Gasteiger partial charge in [-0.25, -0.2) is 9.97 Å². The molecule has 0 aliphatic carbocycles. The fourth-order valence-corrected chi connectivity index (χ4v) is 4.77. The summed E-state index contributed by atoms with van der Waals surface area (Å²) in [4.78, 5) is 23.6. The number of piperidine rings is 1. The first-order chi connectivity index (χ1) is 13.2. The van der Waals surface area contributed by atoms with Gasteiger partial charge < -0.3 is 0 Å². The quantitative estimate of drug-likeness (QED) is 0.421. The van der Waals surface area contributed by atoms with Gasteiger partial charge in [-0.05, 0) is 66.9 Å². The molecular formula is C21H22ClN3OS. The summed E-state index contributed by atoms with van der Waals surface area (Å²) in [5.74, 6) is 0.690. The third-order valence-electron chi connectivity index (χ3n) is 5.28. The van der Waals surface area contributed by atoms with Gasteiger partial charge in [-0.2, -0.15) is 0 Å². The lowest BCUT2D eigenvalue weighted by atomic mass is 9.90. The molecule has 0 bridgehead atoms. The molecule has 0 unspecified atom stereocenters. The van der Waals surface area contributed by atoms with Crippen LogP contribution in [0.25, 0.3) is 10.2 Å². The minimum absolute atomic E-state index is 0.0819. The first-order valence-electron chi connectivity index (χ1n) is 9.39. The molecule has 0 spiro atoms. The van der Waals surface area contributed by atoms with Crippen LogP contribution in [0.5, 0.6) is 0 Å². The van der Waals surface area contributed by atoms with Gasteiger partial charge in [0.1, 0.15) is 5.69 Å². The van der Waals surface area contributed by atoms with Crippen molar-refractivity contribution in [3.05, 3.63) is 58.3 Å². The summed E-state index contributed by atoms with van der Waals surface area (Å²) < 4.78 is 0.849. The van der Waals surface area contributed by atoms with Gasteiger partial charge in [-0.15, -0.1) is 11.3 Å². The van der Waals surface area contributed by atoms with Crippen molar-refractivity contribution in [3.8, 4) is 0 Å². The van der Waals surface area contributed by atoms with Crippen LogP contribution in [-0.4, -0.2) is 33.7 Å². The molecule has 4 rings (SSSR count). The highest BCUT2D eigenvalue weighted by Gasteiger charge is 2.22. The number of ketones is 1. The summed E-state index contributed by atoms with van der Waals surface area (Å²) in [7, 11) is 0. The monoisotopic (exact) mass is 399 g/mol. The summed E-state index contributed by atoms with van der Waals surface area (Å²) in [5, 5.41) is 2.08. The Labute approximate surface area is 168 Å². The summed E-state index contributed by atoms with van der Waals surface area (Å²) >= 11 is 7.48. The zero-order chi connectivity index (χ0) is 18.6. The number of nitrogens with zero attached hydrogens (tertiary/aromatic N) is 3. The Morgan fingerprint density at radius 2 is 1.93 bits per heavy atom. The van der Waals surface area contributed by atoms with Crippen LogP contribution in [0.15, 0.2) is 41.8 Å². The number of fused-ring (bicyclic) bond motifs is 1. The van der Waals surface area contributed by atoms with Gasteiger partial charge in [0.15, 0.2) is 5.78 Å². The molecular weight excluding hydrogens is 378 g/mol. The smallest absolute Gasteiger partial charge is 0.223 e. The predicted octanol–water partition coefficient (Wildman–Crippen LogP) is 5.22. The van der Waals surface area contributed by atoms with E-state index in [9.17, 15) is 4.79 Å². The van der Waals surface area contributed by atoms with E-state index in [1.54, 1.807) is 0 Å². The highest BCUT2D eigenvalue weighted by atomic mass is 35.5. The van der Waals surface area contributed by atoms with Gasteiger partial charge in [0, 0.05) is 13.0 Å². The number of aromatic nitrogens is 2. The second-order valence-corrected chi connectivity index (χ2v) is 8.40. The molecule has 3 aromatic rings. The van der Waals surface area contributed by atoms with Gasteiger partial charge in [0.05, 0.1) is 10.2 Å². The van der Waals surface area contributed by atoms with Crippen LogP contribution in [-0.2, 0) is 6.54 Å². The molecule has 1 saturated heterocycles. The van der Waals surface area contributed by atoms with Crippen LogP contribution in [0.3, 0.4) is 0 Å². The summed E-state index contributed by atoms with van der Waals surface area (Å²) in [6, 6.07) is 12.5. The van der Waals surface area contributed by atoms with Gasteiger partial charge in [-0.3, -0.25) is 9.69 Å². The largest absolute Gasteiger partial charge is 0.299 e. The van der Waals surface area contributed by atoms with Crippen molar-refractivity contribution in [2.45, 2.75) is 32.2 Å².